The van der Waals surface area contributed by atoms with Crippen LogP contribution in [0.25, 0.3) is 0 Å². The molecule has 1 saturated heterocycles. The summed E-state index contributed by atoms with van der Waals surface area (Å²) >= 11 is 0. The summed E-state index contributed by atoms with van der Waals surface area (Å²) in [4.78, 5) is 25.4. The molecule has 2 aliphatic carbocycles. The van der Waals surface area contributed by atoms with E-state index in [4.69, 9.17) is 0 Å². The Kier molecular flexibility index (Phi) is 3.92. The van der Waals surface area contributed by atoms with Crippen LogP contribution in [0.4, 0.5) is 16.2 Å². The van der Waals surface area contributed by atoms with Crippen LogP contribution < -0.4 is 15.5 Å². The average Bonchev–Trinajstić information content (AvgIpc) is 3.16. The zero-order valence-corrected chi connectivity index (χ0v) is 13.6. The summed E-state index contributed by atoms with van der Waals surface area (Å²) in [7, 11) is 0. The van der Waals surface area contributed by atoms with Crippen molar-refractivity contribution < 1.29 is 14.7 Å². The third kappa shape index (κ3) is 2.65. The Hall–Kier alpha value is -2.08. The molecule has 1 aromatic rings. The summed E-state index contributed by atoms with van der Waals surface area (Å²) in [5.41, 5.74) is 1.57. The van der Waals surface area contributed by atoms with Crippen molar-refractivity contribution >= 4 is 23.3 Å². The van der Waals surface area contributed by atoms with Gasteiger partial charge in [0.05, 0.1) is 0 Å². The third-order valence-electron chi connectivity index (χ3n) is 5.88. The first kappa shape index (κ1) is 15.4. The lowest BCUT2D eigenvalue weighted by molar-refractivity contribution is -0.122. The molecule has 1 heterocycles. The topological polar surface area (TPSA) is 81.7 Å². The maximum atomic E-state index is 12.3. The number of rotatable bonds is 4. The van der Waals surface area contributed by atoms with Crippen molar-refractivity contribution in [2.24, 2.45) is 17.8 Å². The molecule has 3 amide bonds. The van der Waals surface area contributed by atoms with E-state index in [1.54, 1.807) is 4.90 Å². The molecule has 3 fully saturated rings. The number of aliphatic hydroxyl groups excluding tert-OH is 1. The van der Waals surface area contributed by atoms with Gasteiger partial charge in [0, 0.05) is 42.9 Å². The molecule has 0 aromatic heterocycles. The van der Waals surface area contributed by atoms with Crippen molar-refractivity contribution in [3.05, 3.63) is 24.3 Å². The van der Waals surface area contributed by atoms with E-state index in [0.717, 1.165) is 25.1 Å². The van der Waals surface area contributed by atoms with E-state index in [1.165, 1.54) is 6.42 Å². The zero-order chi connectivity index (χ0) is 16.7. The number of carbonyl (C=O) groups is 2. The Morgan fingerprint density at radius 1 is 1.21 bits per heavy atom. The van der Waals surface area contributed by atoms with Gasteiger partial charge in [-0.1, -0.05) is 0 Å². The Balaban J connectivity index is 1.35. The minimum Gasteiger partial charge on any atom is -0.396 e. The third-order valence-corrected chi connectivity index (χ3v) is 5.88. The van der Waals surface area contributed by atoms with E-state index >= 15 is 0 Å². The first-order chi connectivity index (χ1) is 11.7. The molecule has 6 nitrogen and oxygen atoms in total. The van der Waals surface area contributed by atoms with E-state index in [2.05, 4.69) is 10.6 Å². The van der Waals surface area contributed by atoms with Crippen LogP contribution in [-0.2, 0) is 4.79 Å². The van der Waals surface area contributed by atoms with Gasteiger partial charge in [0.2, 0.25) is 5.91 Å². The fraction of sp³-hybridized carbons (Fsp3) is 0.556. The number of nitrogens with zero attached hydrogens (tertiary/aromatic N) is 1. The lowest BCUT2D eigenvalue weighted by Crippen LogP contribution is -2.46. The van der Waals surface area contributed by atoms with Crippen molar-refractivity contribution in [3.63, 3.8) is 0 Å². The second-order valence-electron chi connectivity index (χ2n) is 7.15. The molecule has 1 aromatic carbocycles. The number of β-lactam (4-membered cyclic amide) rings is 1. The smallest absolute Gasteiger partial charge is 0.319 e. The average molecular weight is 329 g/mol. The van der Waals surface area contributed by atoms with Crippen molar-refractivity contribution in [1.29, 1.82) is 0 Å². The summed E-state index contributed by atoms with van der Waals surface area (Å²) < 4.78 is 0. The molecular formula is C18H23N3O3. The molecule has 2 saturated carbocycles. The Bertz CT molecular complexity index is 645. The molecule has 6 heteroatoms. The SMILES string of the molecule is O=C(Nc1ccc(N2CCC2=O)cc1)N[C@H]1[C@H]2CC[C@@H](C2)[C@@H]1CO. The molecule has 0 spiro atoms. The normalized spacial score (nSPS) is 31.0. The second kappa shape index (κ2) is 6.09. The number of benzene rings is 1. The molecule has 4 rings (SSSR count). The van der Waals surface area contributed by atoms with Gasteiger partial charge in [0.25, 0.3) is 0 Å². The number of urea groups is 1. The summed E-state index contributed by atoms with van der Waals surface area (Å²) in [5.74, 6) is 1.38. The number of anilines is 2. The number of nitrogens with one attached hydrogen (secondary N) is 2. The molecule has 24 heavy (non-hydrogen) atoms. The quantitative estimate of drug-likeness (QED) is 0.739. The lowest BCUT2D eigenvalue weighted by atomic mass is 9.85. The maximum Gasteiger partial charge on any atom is 0.319 e. The molecule has 3 aliphatic rings. The van der Waals surface area contributed by atoms with Crippen LogP contribution >= 0.6 is 0 Å². The Morgan fingerprint density at radius 3 is 2.58 bits per heavy atom. The predicted molar refractivity (Wildman–Crippen MR) is 90.8 cm³/mol. The minimum absolute atomic E-state index is 0.0757. The Morgan fingerprint density at radius 2 is 1.96 bits per heavy atom. The standard InChI is InChI=1S/C18H23N3O3/c22-10-15-11-1-2-12(9-11)17(15)20-18(24)19-13-3-5-14(6-4-13)21-8-7-16(21)23/h3-6,11-12,15,17,22H,1-2,7-10H2,(H2,19,20,24)/t11-,12-,15-,17-/m0/s1. The highest BCUT2D eigenvalue weighted by Crippen LogP contribution is 2.48. The summed E-state index contributed by atoms with van der Waals surface area (Å²) in [6, 6.07) is 7.17. The molecule has 3 N–H and O–H groups in total. The van der Waals surface area contributed by atoms with Crippen molar-refractivity contribution in [2.45, 2.75) is 31.7 Å². The molecular weight excluding hydrogens is 306 g/mol. The van der Waals surface area contributed by atoms with Gasteiger partial charge in [-0.25, -0.2) is 4.79 Å². The van der Waals surface area contributed by atoms with Gasteiger partial charge in [-0.2, -0.15) is 0 Å². The van der Waals surface area contributed by atoms with Crippen LogP contribution in [0.1, 0.15) is 25.7 Å². The van der Waals surface area contributed by atoms with E-state index in [1.807, 2.05) is 24.3 Å². The molecule has 128 valence electrons. The van der Waals surface area contributed by atoms with E-state index in [9.17, 15) is 14.7 Å². The van der Waals surface area contributed by atoms with E-state index < -0.39 is 0 Å². The first-order valence-electron chi connectivity index (χ1n) is 8.74. The van der Waals surface area contributed by atoms with Crippen LogP contribution in [0.15, 0.2) is 24.3 Å². The molecule has 0 radical (unpaired) electrons. The largest absolute Gasteiger partial charge is 0.396 e. The summed E-state index contributed by atoms with van der Waals surface area (Å²) in [6.45, 7) is 0.906. The molecule has 0 unspecified atom stereocenters. The second-order valence-corrected chi connectivity index (χ2v) is 7.15. The number of hydrogen-bond donors (Lipinski definition) is 3. The monoisotopic (exact) mass is 329 g/mol. The minimum atomic E-state index is -0.223. The molecule has 2 bridgehead atoms. The van der Waals surface area contributed by atoms with Crippen LogP contribution in [-0.4, -0.2) is 36.2 Å². The van der Waals surface area contributed by atoms with Gasteiger partial charge < -0.3 is 20.6 Å². The van der Waals surface area contributed by atoms with E-state index in [0.29, 0.717) is 23.9 Å². The van der Waals surface area contributed by atoms with Crippen LogP contribution in [0, 0.1) is 17.8 Å². The highest BCUT2D eigenvalue weighted by Gasteiger charge is 2.47. The van der Waals surface area contributed by atoms with E-state index in [-0.39, 0.29) is 30.5 Å². The highest BCUT2D eigenvalue weighted by molar-refractivity contribution is 5.99. The van der Waals surface area contributed by atoms with Gasteiger partial charge in [-0.05, 0) is 55.4 Å². The fourth-order valence-corrected chi connectivity index (χ4v) is 4.53. The maximum absolute atomic E-state index is 12.3. The number of hydrogen-bond acceptors (Lipinski definition) is 3. The fourth-order valence-electron chi connectivity index (χ4n) is 4.53. The van der Waals surface area contributed by atoms with Gasteiger partial charge in [-0.15, -0.1) is 0 Å². The molecule has 1 aliphatic heterocycles. The highest BCUT2D eigenvalue weighted by atomic mass is 16.3. The number of aliphatic hydroxyl groups is 1. The van der Waals surface area contributed by atoms with Crippen molar-refractivity contribution in [2.75, 3.05) is 23.4 Å². The number of fused-ring (bicyclic) bond motifs is 2. The lowest BCUT2D eigenvalue weighted by Gasteiger charge is -2.31. The summed E-state index contributed by atoms with van der Waals surface area (Å²) in [6.07, 6.45) is 4.05. The summed E-state index contributed by atoms with van der Waals surface area (Å²) in [5, 5.41) is 15.5. The van der Waals surface area contributed by atoms with Crippen molar-refractivity contribution in [1.82, 2.24) is 5.32 Å². The van der Waals surface area contributed by atoms with Crippen LogP contribution in [0.3, 0.4) is 0 Å². The zero-order valence-electron chi connectivity index (χ0n) is 13.6. The predicted octanol–water partition coefficient (Wildman–Crippen LogP) is 1.95. The van der Waals surface area contributed by atoms with Gasteiger partial charge in [0.1, 0.15) is 0 Å². The van der Waals surface area contributed by atoms with Gasteiger partial charge in [0.15, 0.2) is 0 Å². The van der Waals surface area contributed by atoms with Crippen LogP contribution in [0.2, 0.25) is 0 Å². The van der Waals surface area contributed by atoms with Crippen molar-refractivity contribution in [3.8, 4) is 0 Å². The van der Waals surface area contributed by atoms with Crippen LogP contribution in [0.5, 0.6) is 0 Å². The van der Waals surface area contributed by atoms with Gasteiger partial charge in [-0.3, -0.25) is 4.79 Å². The Labute approximate surface area is 141 Å². The molecule has 4 atom stereocenters. The first-order valence-corrected chi connectivity index (χ1v) is 8.74. The number of amides is 3. The number of carbonyl (C=O) groups excluding carboxylic acids is 2. The van der Waals surface area contributed by atoms with Gasteiger partial charge >= 0.3 is 6.03 Å².